The van der Waals surface area contributed by atoms with Gasteiger partial charge in [-0.05, 0) is 62.2 Å². The largest absolute Gasteiger partial charge is 0.390 e. The van der Waals surface area contributed by atoms with Gasteiger partial charge in [-0.15, -0.1) is 0 Å². The molecule has 41 heavy (non-hydrogen) atoms. The van der Waals surface area contributed by atoms with Crippen LogP contribution in [0.15, 0.2) is 58.9 Å². The van der Waals surface area contributed by atoms with Gasteiger partial charge in [-0.1, -0.05) is 13.5 Å². The molecule has 2 heterocycles. The molecule has 0 unspecified atom stereocenters. The van der Waals surface area contributed by atoms with Crippen molar-refractivity contribution in [3.8, 4) is 0 Å². The maximum Gasteiger partial charge on any atom is 0.254 e. The molecule has 1 amide bonds. The van der Waals surface area contributed by atoms with Gasteiger partial charge in [0.25, 0.3) is 5.91 Å². The Morgan fingerprint density at radius 2 is 1.88 bits per heavy atom. The van der Waals surface area contributed by atoms with Gasteiger partial charge in [0.05, 0.1) is 28.8 Å². The lowest BCUT2D eigenvalue weighted by Crippen LogP contribution is -2.46. The van der Waals surface area contributed by atoms with Crippen molar-refractivity contribution in [2.75, 3.05) is 50.0 Å². The van der Waals surface area contributed by atoms with E-state index in [0.29, 0.717) is 17.1 Å². The van der Waals surface area contributed by atoms with Crippen LogP contribution in [0.5, 0.6) is 0 Å². The number of aliphatic imine (C=N–C) groups is 1. The van der Waals surface area contributed by atoms with Gasteiger partial charge < -0.3 is 31.2 Å². The average Bonchev–Trinajstić information content (AvgIpc) is 3.36. The Labute approximate surface area is 237 Å². The zero-order valence-corrected chi connectivity index (χ0v) is 23.6. The lowest BCUT2D eigenvalue weighted by atomic mass is 10.0. The fraction of sp³-hybridized carbons (Fsp3) is 0.333. The Morgan fingerprint density at radius 3 is 2.51 bits per heavy atom. The number of nitrogens with two attached hydrogens (primary N) is 1. The summed E-state index contributed by atoms with van der Waals surface area (Å²) in [6.07, 6.45) is 1.12. The van der Waals surface area contributed by atoms with Gasteiger partial charge in [0, 0.05) is 55.7 Å². The highest BCUT2D eigenvalue weighted by atomic mass is 19.1. The molecule has 3 aromatic rings. The van der Waals surface area contributed by atoms with Crippen LogP contribution in [0.2, 0.25) is 0 Å². The third-order valence-electron chi connectivity index (χ3n) is 7.32. The molecule has 0 aliphatic carbocycles. The first-order chi connectivity index (χ1) is 19.7. The highest BCUT2D eigenvalue weighted by Gasteiger charge is 2.22. The molecule has 5 N–H and O–H groups in total. The van der Waals surface area contributed by atoms with Crippen molar-refractivity contribution >= 4 is 34.5 Å². The van der Waals surface area contributed by atoms with Crippen molar-refractivity contribution < 1.29 is 18.0 Å². The molecule has 0 spiro atoms. The number of allylic oxidation sites excluding steroid dienone is 1. The zero-order chi connectivity index (χ0) is 29.7. The summed E-state index contributed by atoms with van der Waals surface area (Å²) in [7, 11) is 1.45. The number of aromatic nitrogens is 1. The van der Waals surface area contributed by atoms with E-state index >= 15 is 8.78 Å². The number of halogens is 3. The second-order valence-electron chi connectivity index (χ2n) is 9.94. The SMILES string of the molecule is C=C(Nc1ccc(N2CCN(CC)CC2)c(F)c1)/C(C(=O)NC)=C(/CCc1cc(F)c2[nH]c(C)cc2c1F)N=CN. The van der Waals surface area contributed by atoms with Crippen molar-refractivity contribution in [1.82, 2.24) is 15.2 Å². The summed E-state index contributed by atoms with van der Waals surface area (Å²) in [5.41, 5.74) is 7.77. The first-order valence-electron chi connectivity index (χ1n) is 13.6. The first-order valence-corrected chi connectivity index (χ1v) is 13.6. The molecule has 0 atom stereocenters. The summed E-state index contributed by atoms with van der Waals surface area (Å²) in [4.78, 5) is 24.2. The highest BCUT2D eigenvalue weighted by molar-refractivity contribution is 5.99. The van der Waals surface area contributed by atoms with E-state index in [1.165, 1.54) is 13.1 Å². The van der Waals surface area contributed by atoms with Crippen molar-refractivity contribution in [2.45, 2.75) is 26.7 Å². The third-order valence-corrected chi connectivity index (χ3v) is 7.32. The smallest absolute Gasteiger partial charge is 0.254 e. The number of amides is 1. The summed E-state index contributed by atoms with van der Waals surface area (Å²) in [6, 6.07) is 7.45. The minimum absolute atomic E-state index is 0.0397. The lowest BCUT2D eigenvalue weighted by Gasteiger charge is -2.35. The van der Waals surface area contributed by atoms with Crippen LogP contribution in [0.3, 0.4) is 0 Å². The number of carbonyl (C=O) groups is 1. The average molecular weight is 568 g/mol. The van der Waals surface area contributed by atoms with Crippen LogP contribution in [0, 0.1) is 24.4 Å². The second-order valence-corrected chi connectivity index (χ2v) is 9.94. The summed E-state index contributed by atoms with van der Waals surface area (Å²) >= 11 is 0. The first kappa shape index (κ1) is 29.7. The van der Waals surface area contributed by atoms with Crippen molar-refractivity contribution in [3.63, 3.8) is 0 Å². The van der Waals surface area contributed by atoms with Gasteiger partial charge in [-0.2, -0.15) is 0 Å². The fourth-order valence-corrected chi connectivity index (χ4v) is 5.14. The molecule has 8 nitrogen and oxygen atoms in total. The molecule has 1 saturated heterocycles. The topological polar surface area (TPSA) is 102 Å². The summed E-state index contributed by atoms with van der Waals surface area (Å²) in [5.74, 6) is -2.04. The van der Waals surface area contributed by atoms with E-state index in [-0.39, 0.29) is 46.3 Å². The number of likely N-dealkylation sites (N-methyl/N-ethyl adjacent to an activating group) is 2. The second kappa shape index (κ2) is 12.9. The lowest BCUT2D eigenvalue weighted by molar-refractivity contribution is -0.116. The molecule has 2 aromatic carbocycles. The summed E-state index contributed by atoms with van der Waals surface area (Å²) < 4.78 is 45.0. The van der Waals surface area contributed by atoms with E-state index in [1.54, 1.807) is 25.1 Å². The number of fused-ring (bicyclic) bond motifs is 1. The van der Waals surface area contributed by atoms with Crippen molar-refractivity contribution in [2.24, 2.45) is 10.7 Å². The number of hydrogen-bond acceptors (Lipinski definition) is 5. The van der Waals surface area contributed by atoms with Crippen LogP contribution >= 0.6 is 0 Å². The number of aromatic amines is 1. The Bertz CT molecular complexity index is 1500. The van der Waals surface area contributed by atoms with Gasteiger partial charge in [-0.25, -0.2) is 18.2 Å². The van der Waals surface area contributed by atoms with Crippen LogP contribution in [0.25, 0.3) is 10.9 Å². The number of nitrogens with zero attached hydrogens (tertiary/aromatic N) is 3. The molecule has 11 heteroatoms. The van der Waals surface area contributed by atoms with E-state index in [9.17, 15) is 9.18 Å². The maximum absolute atomic E-state index is 15.2. The number of aryl methyl sites for hydroxylation is 2. The van der Waals surface area contributed by atoms with Crippen LogP contribution in [0.1, 0.15) is 24.6 Å². The van der Waals surface area contributed by atoms with Gasteiger partial charge in [0.1, 0.15) is 17.5 Å². The zero-order valence-electron chi connectivity index (χ0n) is 23.6. The number of carbonyl (C=O) groups excluding carboxylic acids is 1. The van der Waals surface area contributed by atoms with E-state index in [4.69, 9.17) is 5.73 Å². The number of H-pyrrole nitrogens is 1. The van der Waals surface area contributed by atoms with Gasteiger partial charge in [-0.3, -0.25) is 4.79 Å². The minimum atomic E-state index is -0.576. The Kier molecular flexibility index (Phi) is 9.38. The number of anilines is 2. The number of nitrogens with one attached hydrogen (secondary N) is 3. The predicted molar refractivity (Wildman–Crippen MR) is 159 cm³/mol. The van der Waals surface area contributed by atoms with E-state index in [0.717, 1.165) is 45.1 Å². The van der Waals surface area contributed by atoms with Crippen molar-refractivity contribution in [1.29, 1.82) is 0 Å². The molecule has 0 saturated carbocycles. The van der Waals surface area contributed by atoms with Crippen LogP contribution in [0.4, 0.5) is 24.5 Å². The summed E-state index contributed by atoms with van der Waals surface area (Å²) in [6.45, 7) is 12.0. The van der Waals surface area contributed by atoms with E-state index < -0.39 is 23.4 Å². The molecule has 0 radical (unpaired) electrons. The number of piperazine rings is 1. The normalized spacial score (nSPS) is 14.9. The quantitative estimate of drug-likeness (QED) is 0.124. The van der Waals surface area contributed by atoms with Gasteiger partial charge in [0.2, 0.25) is 0 Å². The maximum atomic E-state index is 15.2. The molecule has 4 rings (SSSR count). The van der Waals surface area contributed by atoms with Crippen molar-refractivity contribution in [3.05, 3.63) is 82.6 Å². The molecule has 1 fully saturated rings. The fourth-order valence-electron chi connectivity index (χ4n) is 5.14. The molecule has 1 aromatic heterocycles. The standard InChI is InChI=1S/C30H36F3N7O/c1-5-39-10-12-40(13-11-39)26-9-7-21(16-23(26)31)38-19(3)27(30(41)35-4)25(36-17-34)8-6-20-15-24(32)29-22(28(20)33)14-18(2)37-29/h7,9,14-17,37-38H,3,5-6,8,10-13H2,1-2,4H3,(H2,34,36)(H,35,41)/b27-25+. The van der Waals surface area contributed by atoms with Crippen LogP contribution < -0.4 is 21.3 Å². The summed E-state index contributed by atoms with van der Waals surface area (Å²) in [5, 5.41) is 5.70. The van der Waals surface area contributed by atoms with E-state index in [1.807, 2.05) is 4.90 Å². The third kappa shape index (κ3) is 6.57. The molecule has 1 aliphatic rings. The predicted octanol–water partition coefficient (Wildman–Crippen LogP) is 4.58. The minimum Gasteiger partial charge on any atom is -0.390 e. The number of rotatable bonds is 10. The van der Waals surface area contributed by atoms with Crippen LogP contribution in [-0.4, -0.2) is 61.9 Å². The highest BCUT2D eigenvalue weighted by Crippen LogP contribution is 2.29. The molecule has 0 bridgehead atoms. The van der Waals surface area contributed by atoms with E-state index in [2.05, 4.69) is 39.0 Å². The Morgan fingerprint density at radius 1 is 1.15 bits per heavy atom. The Balaban J connectivity index is 1.57. The molecule has 1 aliphatic heterocycles. The number of hydrogen-bond donors (Lipinski definition) is 4. The molecular weight excluding hydrogens is 531 g/mol. The monoisotopic (exact) mass is 567 g/mol. The van der Waals surface area contributed by atoms with Crippen LogP contribution in [-0.2, 0) is 11.2 Å². The molecule has 218 valence electrons. The van der Waals surface area contributed by atoms with Gasteiger partial charge >= 0.3 is 0 Å². The Hall–Kier alpha value is -4.25. The van der Waals surface area contributed by atoms with Gasteiger partial charge in [0.15, 0.2) is 0 Å². The molecular formula is C30H36F3N7O. The number of benzene rings is 2.